The second-order valence-electron chi connectivity index (χ2n) is 8.87. The molecule has 0 aromatic carbocycles. The zero-order chi connectivity index (χ0) is 14.5. The highest BCUT2D eigenvalue weighted by Crippen LogP contribution is 2.48. The van der Waals surface area contributed by atoms with E-state index < -0.39 is 0 Å². The molecule has 2 aliphatic heterocycles. The van der Waals surface area contributed by atoms with Crippen molar-refractivity contribution in [2.24, 2.45) is 23.7 Å². The molecule has 2 saturated heterocycles. The third-order valence-corrected chi connectivity index (χ3v) is 7.29. The van der Waals surface area contributed by atoms with Gasteiger partial charge in [-0.05, 0) is 69.6 Å². The molecule has 0 bridgehead atoms. The summed E-state index contributed by atoms with van der Waals surface area (Å²) >= 11 is 0. The van der Waals surface area contributed by atoms with E-state index in [1.165, 1.54) is 57.8 Å². The Balaban J connectivity index is 1.19. The first kappa shape index (κ1) is 14.5. The van der Waals surface area contributed by atoms with Gasteiger partial charge in [-0.2, -0.15) is 0 Å². The Kier molecular flexibility index (Phi) is 3.61. The Morgan fingerprint density at radius 1 is 0.667 bits per heavy atom. The van der Waals surface area contributed by atoms with Crippen LogP contribution in [0.4, 0.5) is 0 Å². The standard InChI is InChI=1S/C19H32O2/c1-18(12-20-18)16-7-3-14(4-8-16)11-15-5-9-17(10-6-15)19(2)13-21-19/h14-17H,3-13H2,1-2H3. The second kappa shape index (κ2) is 5.23. The number of hydrogen-bond acceptors (Lipinski definition) is 2. The van der Waals surface area contributed by atoms with Gasteiger partial charge in [0.1, 0.15) is 0 Å². The van der Waals surface area contributed by atoms with Gasteiger partial charge in [-0.3, -0.25) is 0 Å². The van der Waals surface area contributed by atoms with E-state index in [1.54, 1.807) is 0 Å². The minimum atomic E-state index is 0.280. The van der Waals surface area contributed by atoms with Gasteiger partial charge in [0, 0.05) is 0 Å². The van der Waals surface area contributed by atoms with Crippen LogP contribution in [0.2, 0.25) is 0 Å². The van der Waals surface area contributed by atoms with Crippen molar-refractivity contribution in [1.82, 2.24) is 0 Å². The fraction of sp³-hybridized carbons (Fsp3) is 1.00. The second-order valence-corrected chi connectivity index (χ2v) is 8.87. The molecule has 2 nitrogen and oxygen atoms in total. The summed E-state index contributed by atoms with van der Waals surface area (Å²) in [5.74, 6) is 3.74. The minimum Gasteiger partial charge on any atom is -0.370 e. The van der Waals surface area contributed by atoms with Gasteiger partial charge in [-0.15, -0.1) is 0 Å². The van der Waals surface area contributed by atoms with Crippen LogP contribution in [0.15, 0.2) is 0 Å². The first-order valence-electron chi connectivity index (χ1n) is 9.35. The lowest BCUT2D eigenvalue weighted by Gasteiger charge is -2.36. The molecule has 0 aromatic rings. The average molecular weight is 292 g/mol. The molecule has 0 N–H and O–H groups in total. The van der Waals surface area contributed by atoms with E-state index in [2.05, 4.69) is 13.8 Å². The Labute approximate surface area is 130 Å². The SMILES string of the molecule is CC1(C2CCC(CC3CCC(C4(C)CO4)CC3)CC2)CO1. The fourth-order valence-corrected chi connectivity index (χ4v) is 5.19. The van der Waals surface area contributed by atoms with E-state index in [0.717, 1.165) is 36.9 Å². The number of hydrogen-bond donors (Lipinski definition) is 0. The van der Waals surface area contributed by atoms with Gasteiger partial charge < -0.3 is 9.47 Å². The molecule has 2 heterocycles. The van der Waals surface area contributed by atoms with Crippen LogP contribution in [0.3, 0.4) is 0 Å². The van der Waals surface area contributed by atoms with Crippen LogP contribution in [-0.4, -0.2) is 24.4 Å². The summed E-state index contributed by atoms with van der Waals surface area (Å²) in [6.45, 7) is 6.68. The molecule has 0 aromatic heterocycles. The van der Waals surface area contributed by atoms with Crippen molar-refractivity contribution in [2.45, 2.75) is 82.8 Å². The molecule has 120 valence electrons. The quantitative estimate of drug-likeness (QED) is 0.709. The lowest BCUT2D eigenvalue weighted by molar-refractivity contribution is 0.126. The van der Waals surface area contributed by atoms with E-state index in [9.17, 15) is 0 Å². The zero-order valence-corrected chi connectivity index (χ0v) is 13.9. The Bertz CT molecular complexity index is 331. The third kappa shape index (κ3) is 3.03. The molecule has 4 aliphatic rings. The van der Waals surface area contributed by atoms with Gasteiger partial charge in [-0.25, -0.2) is 0 Å². The molecular weight excluding hydrogens is 260 g/mol. The molecule has 0 spiro atoms. The molecule has 2 saturated carbocycles. The van der Waals surface area contributed by atoms with E-state index in [-0.39, 0.29) is 11.2 Å². The van der Waals surface area contributed by atoms with Crippen LogP contribution in [-0.2, 0) is 9.47 Å². The van der Waals surface area contributed by atoms with Crippen molar-refractivity contribution in [2.75, 3.05) is 13.2 Å². The summed E-state index contributed by atoms with van der Waals surface area (Å²) in [7, 11) is 0. The van der Waals surface area contributed by atoms with Crippen molar-refractivity contribution in [3.8, 4) is 0 Å². The highest BCUT2D eigenvalue weighted by molar-refractivity contribution is 4.97. The summed E-state index contributed by atoms with van der Waals surface area (Å²) in [4.78, 5) is 0. The van der Waals surface area contributed by atoms with Crippen LogP contribution in [0, 0.1) is 23.7 Å². The van der Waals surface area contributed by atoms with Crippen molar-refractivity contribution in [1.29, 1.82) is 0 Å². The van der Waals surface area contributed by atoms with E-state index in [0.29, 0.717) is 0 Å². The molecule has 2 atom stereocenters. The van der Waals surface area contributed by atoms with Crippen LogP contribution < -0.4 is 0 Å². The van der Waals surface area contributed by atoms with E-state index in [4.69, 9.17) is 9.47 Å². The van der Waals surface area contributed by atoms with E-state index in [1.807, 2.05) is 0 Å². The molecule has 4 fully saturated rings. The molecular formula is C19H32O2. The summed E-state index contributed by atoms with van der Waals surface area (Å²) in [6.07, 6.45) is 13.0. The lowest BCUT2D eigenvalue weighted by Crippen LogP contribution is -2.29. The predicted octanol–water partition coefficient (Wildman–Crippen LogP) is 4.57. The largest absolute Gasteiger partial charge is 0.370 e. The van der Waals surface area contributed by atoms with Crippen LogP contribution >= 0.6 is 0 Å². The van der Waals surface area contributed by atoms with Gasteiger partial charge in [0.25, 0.3) is 0 Å². The molecule has 2 aliphatic carbocycles. The molecule has 2 unspecified atom stereocenters. The summed E-state index contributed by atoms with van der Waals surface area (Å²) < 4.78 is 11.3. The van der Waals surface area contributed by atoms with Crippen molar-refractivity contribution in [3.63, 3.8) is 0 Å². The maximum absolute atomic E-state index is 5.66. The molecule has 0 amide bonds. The molecule has 4 rings (SSSR count). The maximum Gasteiger partial charge on any atom is 0.0916 e. The van der Waals surface area contributed by atoms with Gasteiger partial charge >= 0.3 is 0 Å². The Morgan fingerprint density at radius 2 is 1.00 bits per heavy atom. The van der Waals surface area contributed by atoms with Crippen LogP contribution in [0.25, 0.3) is 0 Å². The lowest BCUT2D eigenvalue weighted by atomic mass is 9.70. The minimum absolute atomic E-state index is 0.280. The topological polar surface area (TPSA) is 25.1 Å². The van der Waals surface area contributed by atoms with Crippen LogP contribution in [0.5, 0.6) is 0 Å². The van der Waals surface area contributed by atoms with Gasteiger partial charge in [0.2, 0.25) is 0 Å². The number of epoxide rings is 2. The molecule has 21 heavy (non-hydrogen) atoms. The first-order valence-corrected chi connectivity index (χ1v) is 9.35. The first-order chi connectivity index (χ1) is 10.1. The summed E-state index contributed by atoms with van der Waals surface area (Å²) in [5, 5.41) is 0. The Morgan fingerprint density at radius 3 is 1.29 bits per heavy atom. The van der Waals surface area contributed by atoms with Crippen molar-refractivity contribution in [3.05, 3.63) is 0 Å². The molecule has 2 heteroatoms. The Hall–Kier alpha value is -0.0800. The highest BCUT2D eigenvalue weighted by Gasteiger charge is 2.49. The fourth-order valence-electron chi connectivity index (χ4n) is 5.19. The third-order valence-electron chi connectivity index (χ3n) is 7.29. The van der Waals surface area contributed by atoms with Crippen molar-refractivity contribution >= 4 is 0 Å². The van der Waals surface area contributed by atoms with Gasteiger partial charge in [0.05, 0.1) is 24.4 Å². The summed E-state index contributed by atoms with van der Waals surface area (Å²) in [5.41, 5.74) is 0.561. The normalized spacial score (nSPS) is 53.4. The number of ether oxygens (including phenoxy) is 2. The molecule has 0 radical (unpaired) electrons. The van der Waals surface area contributed by atoms with Crippen LogP contribution in [0.1, 0.15) is 71.6 Å². The smallest absolute Gasteiger partial charge is 0.0916 e. The van der Waals surface area contributed by atoms with E-state index >= 15 is 0 Å². The monoisotopic (exact) mass is 292 g/mol. The zero-order valence-electron chi connectivity index (χ0n) is 13.9. The maximum atomic E-state index is 5.66. The highest BCUT2D eigenvalue weighted by atomic mass is 16.6. The summed E-state index contributed by atoms with van der Waals surface area (Å²) in [6, 6.07) is 0. The predicted molar refractivity (Wildman–Crippen MR) is 84.2 cm³/mol. The average Bonchev–Trinajstić information content (AvgIpc) is 3.41. The van der Waals surface area contributed by atoms with Crippen molar-refractivity contribution < 1.29 is 9.47 Å². The van der Waals surface area contributed by atoms with Gasteiger partial charge in [0.15, 0.2) is 0 Å². The van der Waals surface area contributed by atoms with Gasteiger partial charge in [-0.1, -0.05) is 25.7 Å². The number of rotatable bonds is 4.